The Labute approximate surface area is 353 Å². The van der Waals surface area contributed by atoms with Gasteiger partial charge in [0.1, 0.15) is 0 Å². The molecule has 0 N–H and O–H groups in total. The van der Waals surface area contributed by atoms with Crippen LogP contribution in [0.1, 0.15) is 33.4 Å². The van der Waals surface area contributed by atoms with E-state index < -0.39 is 0 Å². The average molecular weight is 763 g/mol. The molecule has 10 rings (SSSR count). The van der Waals surface area contributed by atoms with E-state index in [1.165, 1.54) is 66.8 Å². The van der Waals surface area contributed by atoms with Gasteiger partial charge in [0.15, 0.2) is 0 Å². The SMILES string of the molecule is C1=Cc2cc(-c3ccccc3)c(-c3ccccc3)cc2/C=C/c2cc(-c3ccccc3)c(-c3ccccc3)cc2/C=C/c2cc(-c3ccccc3)c(-c3ccccc3)cc21. The van der Waals surface area contributed by atoms with Crippen LogP contribution < -0.4 is 0 Å². The molecule has 0 radical (unpaired) electrons. The highest BCUT2D eigenvalue weighted by atomic mass is 14.2. The maximum absolute atomic E-state index is 2.38. The van der Waals surface area contributed by atoms with Crippen molar-refractivity contribution < 1.29 is 0 Å². The van der Waals surface area contributed by atoms with Crippen LogP contribution in [-0.2, 0) is 0 Å². The molecule has 1 aliphatic rings. The highest BCUT2D eigenvalue weighted by Gasteiger charge is 2.16. The predicted octanol–water partition coefficient (Wildman–Crippen LogP) is 16.5. The maximum Gasteiger partial charge on any atom is -0.00990 e. The van der Waals surface area contributed by atoms with Crippen LogP contribution in [0.3, 0.4) is 0 Å². The van der Waals surface area contributed by atoms with Crippen LogP contribution in [0.15, 0.2) is 218 Å². The molecular weight excluding hydrogens is 721 g/mol. The van der Waals surface area contributed by atoms with E-state index >= 15 is 0 Å². The van der Waals surface area contributed by atoms with Gasteiger partial charge in [0.25, 0.3) is 0 Å². The van der Waals surface area contributed by atoms with Crippen molar-refractivity contribution >= 4 is 36.5 Å². The normalized spacial score (nSPS) is 12.9. The fraction of sp³-hybridized carbons (Fsp3) is 0. The maximum atomic E-state index is 2.38. The van der Waals surface area contributed by atoms with Gasteiger partial charge in [-0.05, 0) is 137 Å². The molecule has 0 bridgehead atoms. The van der Waals surface area contributed by atoms with Crippen molar-refractivity contribution in [1.29, 1.82) is 0 Å². The number of hydrogen-bond donors (Lipinski definition) is 0. The Morgan fingerprint density at radius 2 is 0.283 bits per heavy atom. The summed E-state index contributed by atoms with van der Waals surface area (Å²) in [5.41, 5.74) is 21.3. The summed E-state index contributed by atoms with van der Waals surface area (Å²) in [6.07, 6.45) is 13.8. The first-order valence-corrected chi connectivity index (χ1v) is 20.7. The Balaban J connectivity index is 1.27. The smallest absolute Gasteiger partial charge is 0.00990 e. The van der Waals surface area contributed by atoms with Crippen LogP contribution in [0.4, 0.5) is 0 Å². The van der Waals surface area contributed by atoms with Crippen LogP contribution in [-0.4, -0.2) is 0 Å². The summed E-state index contributed by atoms with van der Waals surface area (Å²) in [7, 11) is 0. The lowest BCUT2D eigenvalue weighted by Gasteiger charge is -2.18. The van der Waals surface area contributed by atoms with E-state index in [4.69, 9.17) is 0 Å². The van der Waals surface area contributed by atoms with E-state index in [1.54, 1.807) is 0 Å². The van der Waals surface area contributed by atoms with Crippen molar-refractivity contribution in [3.8, 4) is 66.8 Å². The van der Waals surface area contributed by atoms with Crippen LogP contribution in [0.2, 0.25) is 0 Å². The Hall–Kier alpha value is -7.80. The molecule has 0 unspecified atom stereocenters. The first kappa shape index (κ1) is 36.5. The summed E-state index contributed by atoms with van der Waals surface area (Å²) in [6, 6.07) is 78.9. The summed E-state index contributed by atoms with van der Waals surface area (Å²) in [5.74, 6) is 0. The molecular formula is C60H42. The first-order chi connectivity index (χ1) is 29.7. The highest BCUT2D eigenvalue weighted by molar-refractivity contribution is 5.97. The van der Waals surface area contributed by atoms with Gasteiger partial charge in [0, 0.05) is 0 Å². The van der Waals surface area contributed by atoms with Gasteiger partial charge < -0.3 is 0 Å². The largest absolute Gasteiger partial charge is 0.0622 e. The van der Waals surface area contributed by atoms with Crippen molar-refractivity contribution in [2.45, 2.75) is 0 Å². The molecule has 0 fully saturated rings. The van der Waals surface area contributed by atoms with Crippen molar-refractivity contribution in [3.05, 3.63) is 252 Å². The van der Waals surface area contributed by atoms with Gasteiger partial charge in [0.2, 0.25) is 0 Å². The molecule has 0 heterocycles. The zero-order chi connectivity index (χ0) is 40.1. The Morgan fingerprint density at radius 3 is 0.417 bits per heavy atom. The summed E-state index contributed by atoms with van der Waals surface area (Å²) >= 11 is 0. The summed E-state index contributed by atoms with van der Waals surface area (Å²) < 4.78 is 0. The number of rotatable bonds is 6. The molecule has 0 heteroatoms. The molecule has 0 atom stereocenters. The van der Waals surface area contributed by atoms with E-state index in [-0.39, 0.29) is 0 Å². The van der Waals surface area contributed by atoms with Crippen LogP contribution >= 0.6 is 0 Å². The molecule has 9 aromatic carbocycles. The first-order valence-electron chi connectivity index (χ1n) is 20.7. The van der Waals surface area contributed by atoms with Crippen LogP contribution in [0, 0.1) is 0 Å². The quantitative estimate of drug-likeness (QED) is 0.158. The van der Waals surface area contributed by atoms with Crippen molar-refractivity contribution in [1.82, 2.24) is 0 Å². The van der Waals surface area contributed by atoms with Gasteiger partial charge in [-0.2, -0.15) is 0 Å². The Bertz CT molecular complexity index is 2470. The number of benzene rings is 9. The number of hydrogen-bond acceptors (Lipinski definition) is 0. The monoisotopic (exact) mass is 762 g/mol. The van der Waals surface area contributed by atoms with Crippen molar-refractivity contribution in [3.63, 3.8) is 0 Å². The zero-order valence-corrected chi connectivity index (χ0v) is 33.2. The molecule has 0 nitrogen and oxygen atoms in total. The lowest BCUT2D eigenvalue weighted by molar-refractivity contribution is 1.53. The van der Waals surface area contributed by atoms with Gasteiger partial charge in [-0.3, -0.25) is 0 Å². The molecule has 0 spiro atoms. The molecule has 0 amide bonds. The van der Waals surface area contributed by atoms with Gasteiger partial charge in [0.05, 0.1) is 0 Å². The molecule has 9 aromatic rings. The summed E-state index contributed by atoms with van der Waals surface area (Å²) in [6.45, 7) is 0. The second-order valence-corrected chi connectivity index (χ2v) is 15.3. The Morgan fingerprint density at radius 1 is 0.150 bits per heavy atom. The van der Waals surface area contributed by atoms with Crippen molar-refractivity contribution in [2.24, 2.45) is 0 Å². The van der Waals surface area contributed by atoms with Crippen LogP contribution in [0.25, 0.3) is 103 Å². The third-order valence-corrected chi connectivity index (χ3v) is 11.5. The lowest BCUT2D eigenvalue weighted by Crippen LogP contribution is -1.94. The average Bonchev–Trinajstić information content (AvgIpc) is 3.33. The minimum atomic E-state index is 1.15. The number of fused-ring (bicyclic) bond motifs is 3. The van der Waals surface area contributed by atoms with Gasteiger partial charge in [-0.15, -0.1) is 0 Å². The van der Waals surface area contributed by atoms with Crippen molar-refractivity contribution in [2.75, 3.05) is 0 Å². The molecule has 282 valence electrons. The fourth-order valence-corrected chi connectivity index (χ4v) is 8.44. The van der Waals surface area contributed by atoms with E-state index in [0.29, 0.717) is 0 Å². The molecule has 1 aliphatic carbocycles. The Kier molecular flexibility index (Phi) is 10.1. The predicted molar refractivity (Wildman–Crippen MR) is 259 cm³/mol. The zero-order valence-electron chi connectivity index (χ0n) is 33.2. The molecule has 0 saturated heterocycles. The van der Waals surface area contributed by atoms with Gasteiger partial charge >= 0.3 is 0 Å². The molecule has 0 saturated carbocycles. The van der Waals surface area contributed by atoms with E-state index in [9.17, 15) is 0 Å². The fourth-order valence-electron chi connectivity index (χ4n) is 8.44. The topological polar surface area (TPSA) is 0 Å². The second kappa shape index (κ2) is 16.6. The minimum Gasteiger partial charge on any atom is -0.0622 e. The molecule has 0 aliphatic heterocycles. The van der Waals surface area contributed by atoms with E-state index in [0.717, 1.165) is 33.4 Å². The summed E-state index contributed by atoms with van der Waals surface area (Å²) in [5, 5.41) is 0. The van der Waals surface area contributed by atoms with E-state index in [1.807, 2.05) is 0 Å². The van der Waals surface area contributed by atoms with Gasteiger partial charge in [-0.1, -0.05) is 218 Å². The highest BCUT2D eigenvalue weighted by Crippen LogP contribution is 2.41. The lowest BCUT2D eigenvalue weighted by atomic mass is 9.86. The third kappa shape index (κ3) is 7.51. The van der Waals surface area contributed by atoms with E-state index in [2.05, 4.69) is 255 Å². The summed E-state index contributed by atoms with van der Waals surface area (Å²) in [4.78, 5) is 0. The minimum absolute atomic E-state index is 1.15. The molecule has 0 aromatic heterocycles. The molecule has 60 heavy (non-hydrogen) atoms. The van der Waals surface area contributed by atoms with Gasteiger partial charge in [-0.25, -0.2) is 0 Å². The van der Waals surface area contributed by atoms with Crippen LogP contribution in [0.5, 0.6) is 0 Å². The standard InChI is InChI=1S/C60H42/c1-7-19-43(20-8-1)55-37-49-31-32-51-39-57(45-23-11-3-12-24-45)59(47-27-15-5-16-28-47)41-53(51)35-36-54-42-60(48-29-17-6-18-30-48)58(46-25-13-4-14-26-46)40-52(54)34-33-50(49)38-56(55)44-21-9-2-10-22-44/h1-42H/b32-31+,34-33+,36-35?,49-31?,50-33?,51-32?,52-34?,53-35?,54-36?. The third-order valence-electron chi connectivity index (χ3n) is 11.5. The second-order valence-electron chi connectivity index (χ2n) is 15.3.